The van der Waals surface area contributed by atoms with Gasteiger partial charge in [-0.05, 0) is 12.8 Å². The Morgan fingerprint density at radius 2 is 2.00 bits per heavy atom. The fourth-order valence-corrected chi connectivity index (χ4v) is 3.04. The van der Waals surface area contributed by atoms with Crippen molar-refractivity contribution >= 4 is 6.03 Å². The van der Waals surface area contributed by atoms with Crippen molar-refractivity contribution in [2.45, 2.75) is 37.2 Å². The smallest absolute Gasteiger partial charge is 0.374 e. The average Bonchev–Trinajstić information content (AvgIpc) is 2.99. The summed E-state index contributed by atoms with van der Waals surface area (Å²) in [6.07, 6.45) is -8.04. The Kier molecular flexibility index (Phi) is 5.97. The van der Waals surface area contributed by atoms with Crippen molar-refractivity contribution in [3.8, 4) is 0 Å². The van der Waals surface area contributed by atoms with Gasteiger partial charge in [-0.25, -0.2) is 9.78 Å². The number of halogens is 6. The van der Waals surface area contributed by atoms with Gasteiger partial charge in [0.25, 0.3) is 0 Å². The lowest BCUT2D eigenvalue weighted by atomic mass is 9.97. The van der Waals surface area contributed by atoms with Gasteiger partial charge in [-0.1, -0.05) is 0 Å². The summed E-state index contributed by atoms with van der Waals surface area (Å²) in [7, 11) is 1.28. The molecule has 2 N–H and O–H groups in total. The second kappa shape index (κ2) is 7.56. The van der Waals surface area contributed by atoms with Crippen molar-refractivity contribution in [3.63, 3.8) is 0 Å². The molecule has 1 aliphatic heterocycles. The van der Waals surface area contributed by atoms with Crippen LogP contribution >= 0.6 is 0 Å². The van der Waals surface area contributed by atoms with Gasteiger partial charge in [0, 0.05) is 45.5 Å². The van der Waals surface area contributed by atoms with Crippen LogP contribution in [0, 0.1) is 5.92 Å². The first-order valence-electron chi connectivity index (χ1n) is 8.22. The van der Waals surface area contributed by atoms with Gasteiger partial charge in [-0.3, -0.25) is 0 Å². The van der Waals surface area contributed by atoms with E-state index >= 15 is 0 Å². The molecule has 0 radical (unpaired) electrons. The Morgan fingerprint density at radius 3 is 2.52 bits per heavy atom. The highest BCUT2D eigenvalue weighted by atomic mass is 19.4. The zero-order valence-corrected chi connectivity index (χ0v) is 14.4. The Morgan fingerprint density at radius 1 is 1.33 bits per heavy atom. The van der Waals surface area contributed by atoms with Crippen LogP contribution in [0.15, 0.2) is 12.4 Å². The molecule has 2 heterocycles. The van der Waals surface area contributed by atoms with Crippen molar-refractivity contribution in [1.29, 1.82) is 0 Å². The van der Waals surface area contributed by atoms with Crippen molar-refractivity contribution < 1.29 is 36.2 Å². The van der Waals surface area contributed by atoms with Gasteiger partial charge < -0.3 is 19.9 Å². The minimum atomic E-state index is -5.05. The van der Waals surface area contributed by atoms with Crippen LogP contribution in [-0.2, 0) is 12.6 Å². The van der Waals surface area contributed by atoms with Gasteiger partial charge >= 0.3 is 18.4 Å². The minimum absolute atomic E-state index is 0.0846. The molecule has 0 spiro atoms. The molecule has 0 bridgehead atoms. The lowest BCUT2D eigenvalue weighted by Gasteiger charge is -2.34. The molecule has 2 amide bonds. The van der Waals surface area contributed by atoms with Crippen LogP contribution in [0.2, 0.25) is 0 Å². The molecule has 1 saturated heterocycles. The van der Waals surface area contributed by atoms with Crippen molar-refractivity contribution in [2.24, 2.45) is 13.0 Å². The summed E-state index contributed by atoms with van der Waals surface area (Å²) in [6.45, 7) is -1.05. The monoisotopic (exact) mass is 402 g/mol. The lowest BCUT2D eigenvalue weighted by molar-refractivity contribution is -0.272. The molecule has 0 saturated carbocycles. The van der Waals surface area contributed by atoms with Crippen LogP contribution in [0.5, 0.6) is 0 Å². The number of likely N-dealkylation sites (tertiary alicyclic amines) is 1. The third kappa shape index (κ3) is 4.66. The predicted molar refractivity (Wildman–Crippen MR) is 81.5 cm³/mol. The molecule has 1 aromatic heterocycles. The third-order valence-electron chi connectivity index (χ3n) is 4.59. The SMILES string of the molecule is Cn1ccnc1[C@@](O)(CCNC(=O)N1CCC[C@H](C(F)(F)F)C1)C(F)(F)F. The van der Waals surface area contributed by atoms with E-state index in [4.69, 9.17) is 0 Å². The summed E-state index contributed by atoms with van der Waals surface area (Å²) in [4.78, 5) is 16.5. The lowest BCUT2D eigenvalue weighted by Crippen LogP contribution is -2.50. The Hall–Kier alpha value is -1.98. The zero-order valence-electron chi connectivity index (χ0n) is 14.4. The maximum Gasteiger partial charge on any atom is 0.424 e. The van der Waals surface area contributed by atoms with Crippen LogP contribution in [0.3, 0.4) is 0 Å². The van der Waals surface area contributed by atoms with Crippen molar-refractivity contribution in [3.05, 3.63) is 18.2 Å². The van der Waals surface area contributed by atoms with E-state index in [0.29, 0.717) is 0 Å². The van der Waals surface area contributed by atoms with Crippen LogP contribution in [-0.4, -0.2) is 57.6 Å². The van der Waals surface area contributed by atoms with Gasteiger partial charge in [0.1, 0.15) is 5.82 Å². The summed E-state index contributed by atoms with van der Waals surface area (Å²) in [6, 6.07) is -0.895. The van der Waals surface area contributed by atoms with Gasteiger partial charge in [0.05, 0.1) is 5.92 Å². The standard InChI is InChI=1S/C15H20F6N4O2/c1-24-8-6-22-11(24)13(27,15(19,20)21)4-5-23-12(26)25-7-2-3-10(9-25)14(16,17)18/h6,8,10,27H,2-5,7,9H2,1H3,(H,23,26)/t10-,13-/m0/s1. The normalized spacial score (nSPS) is 21.0. The molecule has 6 nitrogen and oxygen atoms in total. The second-order valence-electron chi connectivity index (χ2n) is 6.53. The zero-order chi connectivity index (χ0) is 20.5. The summed E-state index contributed by atoms with van der Waals surface area (Å²) in [5.41, 5.74) is -3.30. The van der Waals surface area contributed by atoms with E-state index in [9.17, 15) is 36.2 Å². The first kappa shape index (κ1) is 21.3. The van der Waals surface area contributed by atoms with Crippen LogP contribution in [0.25, 0.3) is 0 Å². The highest BCUT2D eigenvalue weighted by Gasteiger charge is 2.57. The number of alkyl halides is 6. The molecular weight excluding hydrogens is 382 g/mol. The van der Waals surface area contributed by atoms with Crippen LogP contribution in [0.4, 0.5) is 31.1 Å². The predicted octanol–water partition coefficient (Wildman–Crippen LogP) is 2.54. The number of imidazole rings is 1. The number of piperidine rings is 1. The molecule has 2 atom stereocenters. The molecule has 0 aromatic carbocycles. The molecule has 0 unspecified atom stereocenters. The Labute approximate surface area is 151 Å². The van der Waals surface area contributed by atoms with Crippen molar-refractivity contribution in [1.82, 2.24) is 19.8 Å². The van der Waals surface area contributed by atoms with E-state index < -0.39 is 55.2 Å². The molecular formula is C15H20F6N4O2. The number of hydrogen-bond acceptors (Lipinski definition) is 3. The quantitative estimate of drug-likeness (QED) is 0.761. The van der Waals surface area contributed by atoms with E-state index in [1.54, 1.807) is 0 Å². The van der Waals surface area contributed by atoms with Gasteiger partial charge in [-0.2, -0.15) is 26.3 Å². The number of hydrogen-bond donors (Lipinski definition) is 2. The third-order valence-corrected chi connectivity index (χ3v) is 4.59. The molecule has 154 valence electrons. The topological polar surface area (TPSA) is 70.4 Å². The highest BCUT2D eigenvalue weighted by Crippen LogP contribution is 2.40. The number of urea groups is 1. The molecule has 2 rings (SSSR count). The van der Waals surface area contributed by atoms with E-state index in [2.05, 4.69) is 10.3 Å². The van der Waals surface area contributed by atoms with E-state index in [1.165, 1.54) is 13.2 Å². The van der Waals surface area contributed by atoms with E-state index in [-0.39, 0.29) is 19.4 Å². The number of nitrogens with zero attached hydrogens (tertiary/aromatic N) is 3. The van der Waals surface area contributed by atoms with E-state index in [1.807, 2.05) is 0 Å². The van der Waals surface area contributed by atoms with Gasteiger partial charge in [-0.15, -0.1) is 0 Å². The Balaban J connectivity index is 1.99. The molecule has 12 heteroatoms. The number of aliphatic hydroxyl groups is 1. The number of rotatable bonds is 4. The number of nitrogens with one attached hydrogen (secondary N) is 1. The Bertz CT molecular complexity index is 659. The second-order valence-corrected chi connectivity index (χ2v) is 6.53. The first-order chi connectivity index (χ1) is 12.4. The average molecular weight is 402 g/mol. The molecule has 1 aliphatic rings. The van der Waals surface area contributed by atoms with Crippen LogP contribution in [0.1, 0.15) is 25.1 Å². The molecule has 1 fully saturated rings. The number of aromatic nitrogens is 2. The van der Waals surface area contributed by atoms with Crippen molar-refractivity contribution in [2.75, 3.05) is 19.6 Å². The molecule has 27 heavy (non-hydrogen) atoms. The largest absolute Gasteiger partial charge is 0.424 e. The number of carbonyl (C=O) groups excluding carboxylic acids is 1. The fraction of sp³-hybridized carbons (Fsp3) is 0.733. The van der Waals surface area contributed by atoms with E-state index in [0.717, 1.165) is 15.7 Å². The summed E-state index contributed by atoms with van der Waals surface area (Å²) >= 11 is 0. The van der Waals surface area contributed by atoms with Gasteiger partial charge in [0.15, 0.2) is 0 Å². The fourth-order valence-electron chi connectivity index (χ4n) is 3.04. The highest BCUT2D eigenvalue weighted by molar-refractivity contribution is 5.74. The minimum Gasteiger partial charge on any atom is -0.374 e. The summed E-state index contributed by atoms with van der Waals surface area (Å²) in [5.74, 6) is -2.30. The summed E-state index contributed by atoms with van der Waals surface area (Å²) < 4.78 is 79.4. The van der Waals surface area contributed by atoms with Crippen LogP contribution < -0.4 is 5.32 Å². The maximum atomic E-state index is 13.4. The number of aryl methyl sites for hydroxylation is 1. The van der Waals surface area contributed by atoms with Gasteiger partial charge in [0.2, 0.25) is 5.60 Å². The number of amides is 2. The first-order valence-corrected chi connectivity index (χ1v) is 8.22. The molecule has 0 aliphatic carbocycles. The molecule has 1 aromatic rings. The summed E-state index contributed by atoms with van der Waals surface area (Å²) in [5, 5.41) is 12.3. The number of carbonyl (C=O) groups is 1. The maximum absolute atomic E-state index is 13.4.